The van der Waals surface area contributed by atoms with Crippen molar-refractivity contribution in [1.29, 1.82) is 0 Å². The third-order valence-corrected chi connectivity index (χ3v) is 4.51. The summed E-state index contributed by atoms with van der Waals surface area (Å²) in [5, 5.41) is 2.89. The molecule has 0 heterocycles. The van der Waals surface area contributed by atoms with Gasteiger partial charge in [-0.2, -0.15) is 0 Å². The van der Waals surface area contributed by atoms with Gasteiger partial charge in [0.1, 0.15) is 12.4 Å². The summed E-state index contributed by atoms with van der Waals surface area (Å²) in [7, 11) is 0. The molecule has 0 saturated heterocycles. The Morgan fingerprint density at radius 3 is 2.48 bits per heavy atom. The second-order valence-electron chi connectivity index (χ2n) is 5.38. The molecule has 122 valence electrons. The van der Waals surface area contributed by atoms with E-state index in [1.807, 2.05) is 43.3 Å². The Morgan fingerprint density at radius 1 is 1.04 bits per heavy atom. The quantitative estimate of drug-likeness (QED) is 0.750. The van der Waals surface area contributed by atoms with Gasteiger partial charge in [-0.25, -0.2) is 0 Å². The molecule has 0 fully saturated rings. The summed E-state index contributed by atoms with van der Waals surface area (Å²) < 4.78 is 5.66. The standard InChI is InChI=1S/C19H23NO2S/c1-15-7-3-5-9-17(15)13-23-14-19(21)20-11-12-22-18-10-6-4-8-16(18)2/h3-10H,11-14H2,1-2H3,(H,20,21). The van der Waals surface area contributed by atoms with E-state index in [2.05, 4.69) is 24.4 Å². The molecule has 0 spiro atoms. The molecule has 0 aliphatic heterocycles. The number of thioether (sulfide) groups is 1. The van der Waals surface area contributed by atoms with Crippen LogP contribution in [0.2, 0.25) is 0 Å². The van der Waals surface area contributed by atoms with Crippen molar-refractivity contribution < 1.29 is 9.53 Å². The number of hydrogen-bond donors (Lipinski definition) is 1. The van der Waals surface area contributed by atoms with Crippen LogP contribution in [0.3, 0.4) is 0 Å². The fraction of sp³-hybridized carbons (Fsp3) is 0.316. The number of nitrogens with one attached hydrogen (secondary N) is 1. The number of ether oxygens (including phenoxy) is 1. The van der Waals surface area contributed by atoms with Crippen molar-refractivity contribution in [2.75, 3.05) is 18.9 Å². The number of carbonyl (C=O) groups excluding carboxylic acids is 1. The van der Waals surface area contributed by atoms with Gasteiger partial charge in [-0.15, -0.1) is 11.8 Å². The first-order valence-electron chi connectivity index (χ1n) is 7.74. The lowest BCUT2D eigenvalue weighted by molar-refractivity contribution is -0.118. The lowest BCUT2D eigenvalue weighted by Gasteiger charge is -2.10. The predicted octanol–water partition coefficient (Wildman–Crippen LogP) is 3.73. The second kappa shape index (κ2) is 9.26. The zero-order chi connectivity index (χ0) is 16.5. The molecule has 0 radical (unpaired) electrons. The van der Waals surface area contributed by atoms with Gasteiger partial charge in [-0.05, 0) is 36.6 Å². The van der Waals surface area contributed by atoms with E-state index in [4.69, 9.17) is 4.74 Å². The highest BCUT2D eigenvalue weighted by Gasteiger charge is 2.03. The van der Waals surface area contributed by atoms with Crippen LogP contribution in [0.15, 0.2) is 48.5 Å². The summed E-state index contributed by atoms with van der Waals surface area (Å²) in [6, 6.07) is 16.1. The Labute approximate surface area is 142 Å². The van der Waals surface area contributed by atoms with Crippen LogP contribution >= 0.6 is 11.8 Å². The number of rotatable bonds is 8. The Bertz CT molecular complexity index is 643. The number of aryl methyl sites for hydroxylation is 2. The Hall–Kier alpha value is -1.94. The molecule has 1 amide bonds. The zero-order valence-corrected chi connectivity index (χ0v) is 14.5. The first kappa shape index (κ1) is 17.4. The monoisotopic (exact) mass is 329 g/mol. The largest absolute Gasteiger partial charge is 0.491 e. The van der Waals surface area contributed by atoms with Gasteiger partial charge >= 0.3 is 0 Å². The molecule has 1 N–H and O–H groups in total. The minimum absolute atomic E-state index is 0.0527. The summed E-state index contributed by atoms with van der Waals surface area (Å²) in [6.45, 7) is 5.12. The summed E-state index contributed by atoms with van der Waals surface area (Å²) in [6.07, 6.45) is 0. The molecular formula is C19H23NO2S. The van der Waals surface area contributed by atoms with Crippen molar-refractivity contribution in [2.24, 2.45) is 0 Å². The minimum Gasteiger partial charge on any atom is -0.491 e. The van der Waals surface area contributed by atoms with Gasteiger partial charge in [-0.1, -0.05) is 42.5 Å². The molecule has 0 aromatic heterocycles. The molecule has 0 aliphatic rings. The summed E-state index contributed by atoms with van der Waals surface area (Å²) in [5.41, 5.74) is 3.66. The van der Waals surface area contributed by atoms with Crippen molar-refractivity contribution >= 4 is 17.7 Å². The normalized spacial score (nSPS) is 10.3. The SMILES string of the molecule is Cc1ccccc1CSCC(=O)NCCOc1ccccc1C. The molecule has 23 heavy (non-hydrogen) atoms. The van der Waals surface area contributed by atoms with Crippen LogP contribution in [0.4, 0.5) is 0 Å². The Balaban J connectivity index is 1.60. The number of hydrogen-bond acceptors (Lipinski definition) is 3. The first-order chi connectivity index (χ1) is 11.2. The second-order valence-corrected chi connectivity index (χ2v) is 6.37. The third-order valence-electron chi connectivity index (χ3n) is 3.53. The van der Waals surface area contributed by atoms with E-state index in [1.54, 1.807) is 11.8 Å². The van der Waals surface area contributed by atoms with E-state index >= 15 is 0 Å². The lowest BCUT2D eigenvalue weighted by atomic mass is 10.1. The van der Waals surface area contributed by atoms with E-state index in [0.717, 1.165) is 17.1 Å². The van der Waals surface area contributed by atoms with E-state index < -0.39 is 0 Å². The molecule has 0 saturated carbocycles. The van der Waals surface area contributed by atoms with Crippen molar-refractivity contribution in [3.63, 3.8) is 0 Å². The molecule has 0 aliphatic carbocycles. The average Bonchev–Trinajstić information content (AvgIpc) is 2.55. The van der Waals surface area contributed by atoms with Crippen LogP contribution in [-0.2, 0) is 10.5 Å². The highest BCUT2D eigenvalue weighted by atomic mass is 32.2. The van der Waals surface area contributed by atoms with Gasteiger partial charge < -0.3 is 10.1 Å². The van der Waals surface area contributed by atoms with E-state index in [-0.39, 0.29) is 5.91 Å². The van der Waals surface area contributed by atoms with Gasteiger partial charge in [-0.3, -0.25) is 4.79 Å². The van der Waals surface area contributed by atoms with E-state index in [1.165, 1.54) is 11.1 Å². The summed E-state index contributed by atoms with van der Waals surface area (Å²) in [5.74, 6) is 2.26. The number of amides is 1. The van der Waals surface area contributed by atoms with E-state index in [0.29, 0.717) is 18.9 Å². The number of carbonyl (C=O) groups is 1. The Morgan fingerprint density at radius 2 is 1.74 bits per heavy atom. The van der Waals surface area contributed by atoms with Crippen LogP contribution in [0.25, 0.3) is 0 Å². The highest BCUT2D eigenvalue weighted by molar-refractivity contribution is 7.99. The van der Waals surface area contributed by atoms with Gasteiger partial charge in [0.05, 0.1) is 12.3 Å². The van der Waals surface area contributed by atoms with E-state index in [9.17, 15) is 4.79 Å². The third kappa shape index (κ3) is 5.99. The van der Waals surface area contributed by atoms with Crippen molar-refractivity contribution in [2.45, 2.75) is 19.6 Å². The molecule has 0 bridgehead atoms. The molecule has 3 nitrogen and oxygen atoms in total. The van der Waals surface area contributed by atoms with Crippen LogP contribution < -0.4 is 10.1 Å². The van der Waals surface area contributed by atoms with Crippen molar-refractivity contribution in [1.82, 2.24) is 5.32 Å². The zero-order valence-electron chi connectivity index (χ0n) is 13.7. The first-order valence-corrected chi connectivity index (χ1v) is 8.89. The van der Waals surface area contributed by atoms with Gasteiger partial charge in [0.15, 0.2) is 0 Å². The molecule has 2 aromatic rings. The molecular weight excluding hydrogens is 306 g/mol. The summed E-state index contributed by atoms with van der Waals surface area (Å²) in [4.78, 5) is 11.8. The van der Waals surface area contributed by atoms with Gasteiger partial charge in [0.2, 0.25) is 5.91 Å². The smallest absolute Gasteiger partial charge is 0.230 e. The van der Waals surface area contributed by atoms with Gasteiger partial charge in [0.25, 0.3) is 0 Å². The van der Waals surface area contributed by atoms with Gasteiger partial charge in [0, 0.05) is 5.75 Å². The fourth-order valence-electron chi connectivity index (χ4n) is 2.15. The highest BCUT2D eigenvalue weighted by Crippen LogP contribution is 2.16. The van der Waals surface area contributed by atoms with Crippen LogP contribution in [-0.4, -0.2) is 24.8 Å². The molecule has 2 rings (SSSR count). The predicted molar refractivity (Wildman–Crippen MR) is 97.0 cm³/mol. The van der Waals surface area contributed by atoms with Crippen molar-refractivity contribution in [3.05, 3.63) is 65.2 Å². The molecule has 0 unspecified atom stereocenters. The maximum Gasteiger partial charge on any atom is 0.230 e. The van der Waals surface area contributed by atoms with Crippen LogP contribution in [0.1, 0.15) is 16.7 Å². The number of para-hydroxylation sites is 1. The molecule has 2 aromatic carbocycles. The molecule has 0 atom stereocenters. The topological polar surface area (TPSA) is 38.3 Å². The minimum atomic E-state index is 0.0527. The van der Waals surface area contributed by atoms with Crippen LogP contribution in [0, 0.1) is 13.8 Å². The maximum atomic E-state index is 11.8. The average molecular weight is 329 g/mol. The molecule has 4 heteroatoms. The summed E-state index contributed by atoms with van der Waals surface area (Å²) >= 11 is 1.63. The van der Waals surface area contributed by atoms with Crippen LogP contribution in [0.5, 0.6) is 5.75 Å². The maximum absolute atomic E-state index is 11.8. The lowest BCUT2D eigenvalue weighted by Crippen LogP contribution is -2.29. The Kier molecular flexibility index (Phi) is 7.01. The fourth-order valence-corrected chi connectivity index (χ4v) is 3.08. The van der Waals surface area contributed by atoms with Crippen molar-refractivity contribution in [3.8, 4) is 5.75 Å². The number of benzene rings is 2.